The molecule has 4 aromatic carbocycles. The van der Waals surface area contributed by atoms with Crippen molar-refractivity contribution in [2.24, 2.45) is 0 Å². The van der Waals surface area contributed by atoms with Crippen LogP contribution >= 0.6 is 0 Å². The second-order valence-corrected chi connectivity index (χ2v) is 12.5. The molecule has 0 fully saturated rings. The molecule has 4 aromatic rings. The van der Waals surface area contributed by atoms with Crippen molar-refractivity contribution < 1.29 is 48.0 Å². The predicted octanol–water partition coefficient (Wildman–Crippen LogP) is 6.54. The number of benzene rings is 4. The Labute approximate surface area is 234 Å². The lowest BCUT2D eigenvalue weighted by molar-refractivity contribution is -0.138. The first-order valence-electron chi connectivity index (χ1n) is 11.7. The molecule has 0 radical (unpaired) electrons. The first-order chi connectivity index (χ1) is 19.5. The normalized spacial score (nSPS) is 13.4. The van der Waals surface area contributed by atoms with E-state index in [9.17, 15) is 48.0 Å². The van der Waals surface area contributed by atoms with E-state index in [4.69, 9.17) is 0 Å². The molecule has 0 spiro atoms. The summed E-state index contributed by atoms with van der Waals surface area (Å²) in [5.74, 6) is -0.729. The number of carbonyl (C=O) groups excluding carboxylic acids is 1. The van der Waals surface area contributed by atoms with Gasteiger partial charge in [-0.2, -0.15) is 26.3 Å². The molecule has 0 unspecified atom stereocenters. The molecule has 218 valence electrons. The van der Waals surface area contributed by atoms with Gasteiger partial charge in [0.15, 0.2) is 5.78 Å². The van der Waals surface area contributed by atoms with E-state index in [0.717, 1.165) is 60.7 Å². The van der Waals surface area contributed by atoms with Crippen molar-refractivity contribution in [3.8, 4) is 11.1 Å². The lowest BCUT2D eigenvalue weighted by Crippen LogP contribution is -2.15. The molecule has 0 saturated carbocycles. The Balaban J connectivity index is 1.42. The highest BCUT2D eigenvalue weighted by molar-refractivity contribution is 7.93. The third kappa shape index (κ3) is 5.56. The van der Waals surface area contributed by atoms with Gasteiger partial charge in [-0.25, -0.2) is 16.8 Å². The number of sulfonamides is 2. The Bertz CT molecular complexity index is 1830. The van der Waals surface area contributed by atoms with Crippen LogP contribution in [0.3, 0.4) is 0 Å². The van der Waals surface area contributed by atoms with Crippen LogP contribution in [0, 0.1) is 0 Å². The van der Waals surface area contributed by atoms with Crippen LogP contribution in [0.15, 0.2) is 94.7 Å². The molecule has 0 heterocycles. The summed E-state index contributed by atoms with van der Waals surface area (Å²) in [6.45, 7) is 0. The second kappa shape index (κ2) is 9.87. The summed E-state index contributed by atoms with van der Waals surface area (Å²) in [7, 11) is -8.89. The highest BCUT2D eigenvalue weighted by Crippen LogP contribution is 2.39. The number of hydrogen-bond donors (Lipinski definition) is 2. The minimum absolute atomic E-state index is 0.0997. The first-order valence-corrected chi connectivity index (χ1v) is 14.7. The summed E-state index contributed by atoms with van der Waals surface area (Å²) in [6.07, 6.45) is -9.41. The third-order valence-electron chi connectivity index (χ3n) is 6.27. The monoisotopic (exact) mass is 626 g/mol. The van der Waals surface area contributed by atoms with Crippen LogP contribution in [-0.4, -0.2) is 22.6 Å². The Hall–Kier alpha value is -4.37. The zero-order valence-electron chi connectivity index (χ0n) is 20.7. The molecule has 15 heteroatoms. The minimum atomic E-state index is -4.71. The van der Waals surface area contributed by atoms with Crippen molar-refractivity contribution in [1.82, 2.24) is 0 Å². The number of halogens is 6. The molecular formula is C27H16F6N2O5S2. The van der Waals surface area contributed by atoms with E-state index in [0.29, 0.717) is 12.1 Å². The van der Waals surface area contributed by atoms with Gasteiger partial charge in [0.05, 0.1) is 20.9 Å². The molecule has 0 bridgehead atoms. The summed E-state index contributed by atoms with van der Waals surface area (Å²) < 4.78 is 134. The lowest BCUT2D eigenvalue weighted by Gasteiger charge is -2.12. The molecule has 0 aliphatic heterocycles. The fourth-order valence-corrected chi connectivity index (χ4v) is 6.47. The van der Waals surface area contributed by atoms with E-state index in [1.165, 1.54) is 12.1 Å². The molecule has 0 atom stereocenters. The van der Waals surface area contributed by atoms with Gasteiger partial charge in [0.25, 0.3) is 20.0 Å². The molecule has 42 heavy (non-hydrogen) atoms. The minimum Gasteiger partial charge on any atom is -0.289 e. The number of anilines is 2. The van der Waals surface area contributed by atoms with Crippen LogP contribution in [-0.2, 0) is 32.4 Å². The van der Waals surface area contributed by atoms with Crippen molar-refractivity contribution >= 4 is 37.2 Å². The number of carbonyl (C=O) groups is 1. The van der Waals surface area contributed by atoms with Gasteiger partial charge in [0, 0.05) is 22.5 Å². The summed E-state index contributed by atoms with van der Waals surface area (Å²) in [5.41, 5.74) is -2.50. The Morgan fingerprint density at radius 1 is 0.500 bits per heavy atom. The van der Waals surface area contributed by atoms with Crippen molar-refractivity contribution in [2.45, 2.75) is 22.1 Å². The molecule has 2 N–H and O–H groups in total. The average molecular weight is 627 g/mol. The van der Waals surface area contributed by atoms with Crippen molar-refractivity contribution in [2.75, 3.05) is 9.44 Å². The third-order valence-corrected chi connectivity index (χ3v) is 9.02. The molecule has 0 aromatic heterocycles. The Morgan fingerprint density at radius 2 is 0.881 bits per heavy atom. The quantitative estimate of drug-likeness (QED) is 0.208. The van der Waals surface area contributed by atoms with Gasteiger partial charge in [-0.15, -0.1) is 0 Å². The number of rotatable bonds is 6. The molecule has 7 nitrogen and oxygen atoms in total. The number of alkyl halides is 6. The largest absolute Gasteiger partial charge is 0.416 e. The van der Waals surface area contributed by atoms with E-state index in [-0.39, 0.29) is 33.6 Å². The smallest absolute Gasteiger partial charge is 0.289 e. The van der Waals surface area contributed by atoms with Crippen LogP contribution in [0.4, 0.5) is 37.7 Å². The first kappa shape index (κ1) is 29.1. The Kier molecular flexibility index (Phi) is 6.85. The molecule has 0 saturated heterocycles. The van der Waals surface area contributed by atoms with E-state index in [1.54, 1.807) is 0 Å². The van der Waals surface area contributed by atoms with Crippen LogP contribution in [0.25, 0.3) is 11.1 Å². The average Bonchev–Trinajstić information content (AvgIpc) is 3.18. The van der Waals surface area contributed by atoms with Gasteiger partial charge in [0.2, 0.25) is 0 Å². The lowest BCUT2D eigenvalue weighted by atomic mass is 10.1. The van der Waals surface area contributed by atoms with Crippen LogP contribution in [0.2, 0.25) is 0 Å². The van der Waals surface area contributed by atoms with Crippen LogP contribution < -0.4 is 9.44 Å². The maximum Gasteiger partial charge on any atom is 0.416 e. The zero-order chi connectivity index (χ0) is 30.7. The highest BCUT2D eigenvalue weighted by Gasteiger charge is 2.33. The van der Waals surface area contributed by atoms with Crippen LogP contribution in [0.5, 0.6) is 0 Å². The fraction of sp³-hybridized carbons (Fsp3) is 0.0741. The number of nitrogens with one attached hydrogen (secondary N) is 2. The van der Waals surface area contributed by atoms with Gasteiger partial charge >= 0.3 is 12.4 Å². The molecule has 0 amide bonds. The van der Waals surface area contributed by atoms with Crippen molar-refractivity contribution in [3.05, 3.63) is 107 Å². The van der Waals surface area contributed by atoms with Gasteiger partial charge in [-0.1, -0.05) is 24.3 Å². The molecule has 1 aliphatic rings. The maximum atomic E-state index is 13.2. The zero-order valence-corrected chi connectivity index (χ0v) is 22.3. The summed E-state index contributed by atoms with van der Waals surface area (Å²) in [4.78, 5) is 12.3. The van der Waals surface area contributed by atoms with Gasteiger partial charge < -0.3 is 0 Å². The number of fused-ring (bicyclic) bond motifs is 3. The summed E-state index contributed by atoms with van der Waals surface area (Å²) in [5, 5.41) is 0. The fourth-order valence-electron chi connectivity index (χ4n) is 4.32. The molecule has 1 aliphatic carbocycles. The van der Waals surface area contributed by atoms with Crippen molar-refractivity contribution in [3.63, 3.8) is 0 Å². The second-order valence-electron chi connectivity index (χ2n) is 9.11. The van der Waals surface area contributed by atoms with Crippen molar-refractivity contribution in [1.29, 1.82) is 0 Å². The van der Waals surface area contributed by atoms with Gasteiger partial charge in [-0.05, 0) is 71.8 Å². The van der Waals surface area contributed by atoms with Gasteiger partial charge in [0.1, 0.15) is 0 Å². The standard InChI is InChI=1S/C27H16F6N2O5S2/c28-26(29,30)15-3-1-5-17(11-15)34-41(37,38)19-7-9-21-22-10-8-20(14-24(22)25(36)23(21)13-19)42(39,40)35-18-6-2-4-16(12-18)27(31,32)33/h1-14,34-35H. The van der Waals surface area contributed by atoms with E-state index >= 15 is 0 Å². The topological polar surface area (TPSA) is 109 Å². The summed E-state index contributed by atoms with van der Waals surface area (Å²) in [6, 6.07) is 14.0. The summed E-state index contributed by atoms with van der Waals surface area (Å²) >= 11 is 0. The SMILES string of the molecule is O=C1c2cc(S(=O)(=O)Nc3cccc(C(F)(F)F)c3)ccc2-c2ccc(S(=O)(=O)Nc3cccc(C(F)(F)F)c3)cc21. The van der Waals surface area contributed by atoms with E-state index in [1.807, 2.05) is 9.44 Å². The molecular weight excluding hydrogens is 610 g/mol. The van der Waals surface area contributed by atoms with Crippen LogP contribution in [0.1, 0.15) is 27.0 Å². The maximum absolute atomic E-state index is 13.2. The van der Waals surface area contributed by atoms with E-state index in [2.05, 4.69) is 0 Å². The molecule has 5 rings (SSSR count). The predicted molar refractivity (Wildman–Crippen MR) is 140 cm³/mol. The Morgan fingerprint density at radius 3 is 1.24 bits per heavy atom. The van der Waals surface area contributed by atoms with Gasteiger partial charge in [-0.3, -0.25) is 14.2 Å². The number of ketones is 1. The van der Waals surface area contributed by atoms with E-state index < -0.39 is 59.1 Å². The number of hydrogen-bond acceptors (Lipinski definition) is 5. The highest BCUT2D eigenvalue weighted by atomic mass is 32.2.